The van der Waals surface area contributed by atoms with Gasteiger partial charge in [-0.05, 0) is 38.5 Å². The highest BCUT2D eigenvalue weighted by molar-refractivity contribution is 5.71. The van der Waals surface area contributed by atoms with Crippen LogP contribution in [0, 0.1) is 0 Å². The quantitative estimate of drug-likeness (QED) is 0.0717. The molecule has 0 aliphatic carbocycles. The van der Waals surface area contributed by atoms with E-state index < -0.39 is 24.1 Å². The lowest BCUT2D eigenvalue weighted by Gasteiger charge is -2.34. The van der Waals surface area contributed by atoms with Gasteiger partial charge in [-0.1, -0.05) is 75.3 Å². The van der Waals surface area contributed by atoms with E-state index in [1.54, 1.807) is 27.2 Å². The fourth-order valence-corrected chi connectivity index (χ4v) is 3.68. The zero-order valence-electron chi connectivity index (χ0n) is 25.5. The number of likely N-dealkylation sites (N-methyl/N-ethyl adjacent to an activating group) is 1. The SMILES string of the molecule is CC/C=C/C/C=C/C/C=C/CC(=O)OC(COCCC(C(=O)[O-])[N+](C)(C)C)COC(=O)CC/C=C/CCCCC. The van der Waals surface area contributed by atoms with Crippen LogP contribution in [-0.4, -0.2) is 75.5 Å². The first-order valence-corrected chi connectivity index (χ1v) is 14.7. The van der Waals surface area contributed by atoms with Crippen molar-refractivity contribution >= 4 is 17.9 Å². The summed E-state index contributed by atoms with van der Waals surface area (Å²) in [6, 6.07) is -0.740. The molecule has 0 amide bonds. The Bertz CT molecular complexity index is 809. The van der Waals surface area contributed by atoms with Gasteiger partial charge < -0.3 is 28.6 Å². The summed E-state index contributed by atoms with van der Waals surface area (Å²) in [6.45, 7) is 4.26. The summed E-state index contributed by atoms with van der Waals surface area (Å²) >= 11 is 0. The Morgan fingerprint density at radius 3 is 2.08 bits per heavy atom. The summed E-state index contributed by atoms with van der Waals surface area (Å²) in [5, 5.41) is 11.5. The third-order valence-electron chi connectivity index (χ3n) is 6.00. The van der Waals surface area contributed by atoms with Gasteiger partial charge in [0.1, 0.15) is 12.6 Å². The number of carboxylic acid groups (broad SMARTS) is 1. The molecule has 228 valence electrons. The summed E-state index contributed by atoms with van der Waals surface area (Å²) in [5.74, 6) is -1.97. The maximum atomic E-state index is 12.4. The molecule has 0 heterocycles. The van der Waals surface area contributed by atoms with Gasteiger partial charge in [-0.2, -0.15) is 0 Å². The van der Waals surface area contributed by atoms with Crippen LogP contribution < -0.4 is 5.11 Å². The zero-order chi connectivity index (χ0) is 30.1. The Morgan fingerprint density at radius 2 is 1.45 bits per heavy atom. The lowest BCUT2D eigenvalue weighted by molar-refractivity contribution is -0.889. The van der Waals surface area contributed by atoms with Gasteiger partial charge in [-0.15, -0.1) is 0 Å². The van der Waals surface area contributed by atoms with E-state index in [4.69, 9.17) is 14.2 Å². The average Bonchev–Trinajstić information content (AvgIpc) is 2.89. The van der Waals surface area contributed by atoms with Gasteiger partial charge in [0.15, 0.2) is 6.10 Å². The van der Waals surface area contributed by atoms with Crippen molar-refractivity contribution in [1.29, 1.82) is 0 Å². The summed E-state index contributed by atoms with van der Waals surface area (Å²) in [7, 11) is 5.33. The molecule has 0 aromatic rings. The van der Waals surface area contributed by atoms with Crippen LogP contribution in [-0.2, 0) is 28.6 Å². The topological polar surface area (TPSA) is 102 Å². The Balaban J connectivity index is 4.74. The van der Waals surface area contributed by atoms with Crippen LogP contribution in [0.3, 0.4) is 0 Å². The smallest absolute Gasteiger partial charge is 0.310 e. The first-order chi connectivity index (χ1) is 19.1. The predicted octanol–water partition coefficient (Wildman–Crippen LogP) is 4.84. The van der Waals surface area contributed by atoms with Gasteiger partial charge in [0.2, 0.25) is 0 Å². The average molecular weight is 564 g/mol. The van der Waals surface area contributed by atoms with E-state index in [-0.39, 0.29) is 49.5 Å². The molecule has 0 bridgehead atoms. The van der Waals surface area contributed by atoms with Crippen LogP contribution in [0.2, 0.25) is 0 Å². The van der Waals surface area contributed by atoms with Crippen LogP contribution in [0.15, 0.2) is 48.6 Å². The second-order valence-corrected chi connectivity index (χ2v) is 10.6. The monoisotopic (exact) mass is 563 g/mol. The summed E-state index contributed by atoms with van der Waals surface area (Å²) in [6.07, 6.45) is 23.6. The predicted molar refractivity (Wildman–Crippen MR) is 157 cm³/mol. The second-order valence-electron chi connectivity index (χ2n) is 10.6. The first kappa shape index (κ1) is 37.3. The van der Waals surface area contributed by atoms with Crippen LogP contribution in [0.4, 0.5) is 0 Å². The van der Waals surface area contributed by atoms with Gasteiger partial charge in [0.25, 0.3) is 0 Å². The highest BCUT2D eigenvalue weighted by atomic mass is 16.6. The minimum Gasteiger partial charge on any atom is -0.544 e. The number of rotatable bonds is 24. The molecule has 0 radical (unpaired) electrons. The molecule has 0 aromatic heterocycles. The number of nitrogens with zero attached hydrogens (tertiary/aromatic N) is 1. The lowest BCUT2D eigenvalue weighted by atomic mass is 10.1. The van der Waals surface area contributed by atoms with Crippen LogP contribution in [0.25, 0.3) is 0 Å². The summed E-state index contributed by atoms with van der Waals surface area (Å²) in [4.78, 5) is 36.1. The van der Waals surface area contributed by atoms with E-state index >= 15 is 0 Å². The fourth-order valence-electron chi connectivity index (χ4n) is 3.68. The minimum atomic E-state index is -1.15. The molecule has 8 heteroatoms. The number of hydrogen-bond donors (Lipinski definition) is 0. The summed E-state index contributed by atoms with van der Waals surface area (Å²) < 4.78 is 16.7. The van der Waals surface area contributed by atoms with E-state index in [0.717, 1.165) is 32.1 Å². The Hall–Kier alpha value is -2.71. The van der Waals surface area contributed by atoms with E-state index in [9.17, 15) is 19.5 Å². The number of carbonyl (C=O) groups is 3. The number of carboxylic acids is 1. The van der Waals surface area contributed by atoms with E-state index in [1.807, 2.05) is 18.2 Å². The van der Waals surface area contributed by atoms with Gasteiger partial charge in [0.05, 0.1) is 46.7 Å². The van der Waals surface area contributed by atoms with Gasteiger partial charge in [-0.3, -0.25) is 9.59 Å². The van der Waals surface area contributed by atoms with Crippen molar-refractivity contribution < 1.29 is 38.2 Å². The molecule has 0 fully saturated rings. The maximum absolute atomic E-state index is 12.4. The lowest BCUT2D eigenvalue weighted by Crippen LogP contribution is -2.55. The fraction of sp³-hybridized carbons (Fsp3) is 0.656. The number of carbonyl (C=O) groups excluding carboxylic acids is 3. The number of allylic oxidation sites excluding steroid dienone is 7. The van der Waals surface area contributed by atoms with Gasteiger partial charge in [-0.25, -0.2) is 0 Å². The molecule has 2 unspecified atom stereocenters. The van der Waals surface area contributed by atoms with Gasteiger partial charge in [0, 0.05) is 12.8 Å². The number of ether oxygens (including phenoxy) is 3. The number of aliphatic carboxylic acids is 1. The summed E-state index contributed by atoms with van der Waals surface area (Å²) in [5.41, 5.74) is 0. The van der Waals surface area contributed by atoms with Crippen LogP contribution in [0.5, 0.6) is 0 Å². The number of quaternary nitrogens is 1. The molecule has 0 aliphatic heterocycles. The molecule has 8 nitrogen and oxygen atoms in total. The van der Waals surface area contributed by atoms with Crippen LogP contribution in [0.1, 0.15) is 84.5 Å². The van der Waals surface area contributed by atoms with Crippen molar-refractivity contribution in [2.75, 3.05) is 41.0 Å². The number of hydrogen-bond acceptors (Lipinski definition) is 7. The molecule has 0 rings (SSSR count). The number of unbranched alkanes of at least 4 members (excludes halogenated alkanes) is 3. The second kappa shape index (κ2) is 24.1. The number of esters is 2. The van der Waals surface area contributed by atoms with Gasteiger partial charge >= 0.3 is 11.9 Å². The molecule has 2 atom stereocenters. The van der Waals surface area contributed by atoms with E-state index in [2.05, 4.69) is 38.2 Å². The first-order valence-electron chi connectivity index (χ1n) is 14.7. The van der Waals surface area contributed by atoms with Crippen molar-refractivity contribution in [2.45, 2.75) is 96.6 Å². The van der Waals surface area contributed by atoms with Crippen molar-refractivity contribution in [1.82, 2.24) is 0 Å². The third kappa shape index (κ3) is 22.1. The molecule has 0 aromatic carbocycles. The van der Waals surface area contributed by atoms with Crippen molar-refractivity contribution in [3.63, 3.8) is 0 Å². The van der Waals surface area contributed by atoms with Crippen molar-refractivity contribution in [3.05, 3.63) is 48.6 Å². The highest BCUT2D eigenvalue weighted by Gasteiger charge is 2.25. The maximum Gasteiger partial charge on any atom is 0.310 e. The Morgan fingerprint density at radius 1 is 0.800 bits per heavy atom. The molecule has 0 N–H and O–H groups in total. The molecule has 0 saturated carbocycles. The minimum absolute atomic E-state index is 0.00894. The molecule has 40 heavy (non-hydrogen) atoms. The molecule has 0 aliphatic rings. The standard InChI is InChI=1S/C32H53NO7/c1-6-8-10-12-14-15-17-19-21-23-31(35)40-28(26-38-25-24-29(32(36)37)33(3,4)5)27-39-30(34)22-20-18-16-13-11-9-7-2/h8,10,14-16,18-19,21,28-29H,6-7,9,11-13,17,20,22-27H2,1-5H3/b10-8+,15-14+,18-16+,21-19+. The Labute approximate surface area is 242 Å². The molecular weight excluding hydrogens is 510 g/mol. The molecule has 0 saturated heterocycles. The largest absolute Gasteiger partial charge is 0.544 e. The van der Waals surface area contributed by atoms with E-state index in [0.29, 0.717) is 6.42 Å². The Kier molecular flexibility index (Phi) is 22.5. The molecule has 0 spiro atoms. The molecular formula is C32H53NO7. The van der Waals surface area contributed by atoms with Crippen molar-refractivity contribution in [2.24, 2.45) is 0 Å². The van der Waals surface area contributed by atoms with Crippen molar-refractivity contribution in [3.8, 4) is 0 Å². The third-order valence-corrected chi connectivity index (χ3v) is 6.00. The highest BCUT2D eigenvalue weighted by Crippen LogP contribution is 2.09. The van der Waals surface area contributed by atoms with Crippen LogP contribution >= 0.6 is 0 Å². The normalized spacial score (nSPS) is 13.9. The van der Waals surface area contributed by atoms with E-state index in [1.165, 1.54) is 12.8 Å². The zero-order valence-corrected chi connectivity index (χ0v) is 25.5.